The minimum absolute atomic E-state index is 0.0564. The SMILES string of the molecule is COc1cc2nc(C)nc(NC(C)c3ccc(-c4cc(Cl)ccc4CNC(=O)O)s3)c2cc1OC. The molecule has 0 bridgehead atoms. The van der Waals surface area contributed by atoms with E-state index in [4.69, 9.17) is 26.2 Å². The number of nitrogens with one attached hydrogen (secondary N) is 2. The summed E-state index contributed by atoms with van der Waals surface area (Å²) in [7, 11) is 3.19. The first-order valence-corrected chi connectivity index (χ1v) is 12.0. The van der Waals surface area contributed by atoms with Crippen LogP contribution < -0.4 is 20.1 Å². The molecule has 0 aliphatic rings. The third kappa shape index (κ3) is 5.41. The lowest BCUT2D eigenvalue weighted by Gasteiger charge is -2.17. The third-order valence-electron chi connectivity index (χ3n) is 5.49. The second kappa shape index (κ2) is 10.4. The second-order valence-corrected chi connectivity index (χ2v) is 9.42. The normalized spacial score (nSPS) is 11.8. The molecular weight excluding hydrogens is 488 g/mol. The molecule has 0 saturated heterocycles. The molecule has 0 radical (unpaired) electrons. The Morgan fingerprint density at radius 2 is 1.86 bits per heavy atom. The highest BCUT2D eigenvalue weighted by molar-refractivity contribution is 7.15. The number of halogens is 1. The zero-order valence-electron chi connectivity index (χ0n) is 19.7. The van der Waals surface area contributed by atoms with E-state index in [9.17, 15) is 4.79 Å². The zero-order valence-corrected chi connectivity index (χ0v) is 21.3. The molecule has 0 spiro atoms. The number of fused-ring (bicyclic) bond motifs is 1. The van der Waals surface area contributed by atoms with E-state index < -0.39 is 6.09 Å². The Kier molecular flexibility index (Phi) is 7.28. The maximum absolute atomic E-state index is 11.0. The second-order valence-electron chi connectivity index (χ2n) is 7.87. The minimum Gasteiger partial charge on any atom is -0.493 e. The fraction of sp³-hybridized carbons (Fsp3) is 0.240. The topological polar surface area (TPSA) is 106 Å². The summed E-state index contributed by atoms with van der Waals surface area (Å²) < 4.78 is 10.9. The van der Waals surface area contributed by atoms with Crippen molar-refractivity contribution >= 4 is 45.8 Å². The summed E-state index contributed by atoms with van der Waals surface area (Å²) in [6, 6.07) is 13.2. The van der Waals surface area contributed by atoms with E-state index in [-0.39, 0.29) is 12.6 Å². The highest BCUT2D eigenvalue weighted by Gasteiger charge is 2.17. The molecular formula is C25H25ClN4O4S. The van der Waals surface area contributed by atoms with Gasteiger partial charge in [-0.2, -0.15) is 0 Å². The monoisotopic (exact) mass is 512 g/mol. The van der Waals surface area contributed by atoms with Gasteiger partial charge in [-0.05, 0) is 55.3 Å². The quantitative estimate of drug-likeness (QED) is 0.255. The largest absolute Gasteiger partial charge is 0.493 e. The predicted molar refractivity (Wildman–Crippen MR) is 139 cm³/mol. The van der Waals surface area contributed by atoms with Crippen LogP contribution in [0.4, 0.5) is 10.6 Å². The van der Waals surface area contributed by atoms with Crippen LogP contribution in [-0.4, -0.2) is 35.4 Å². The van der Waals surface area contributed by atoms with E-state index >= 15 is 0 Å². The molecule has 4 aromatic rings. The summed E-state index contributed by atoms with van der Waals surface area (Å²) in [5, 5.41) is 16.3. The summed E-state index contributed by atoms with van der Waals surface area (Å²) in [5.41, 5.74) is 2.50. The van der Waals surface area contributed by atoms with E-state index in [0.717, 1.165) is 31.8 Å². The number of aromatic nitrogens is 2. The van der Waals surface area contributed by atoms with Gasteiger partial charge in [0.1, 0.15) is 11.6 Å². The molecule has 1 unspecified atom stereocenters. The van der Waals surface area contributed by atoms with Crippen molar-refractivity contribution in [1.29, 1.82) is 0 Å². The molecule has 0 aliphatic heterocycles. The average molecular weight is 513 g/mol. The molecule has 4 rings (SSSR count). The number of anilines is 1. The van der Waals surface area contributed by atoms with Gasteiger partial charge in [0.15, 0.2) is 11.5 Å². The lowest BCUT2D eigenvalue weighted by atomic mass is 10.1. The van der Waals surface area contributed by atoms with Crippen LogP contribution in [0.25, 0.3) is 21.3 Å². The number of hydrogen-bond acceptors (Lipinski definition) is 7. The number of nitrogens with zero attached hydrogens (tertiary/aromatic N) is 2. The van der Waals surface area contributed by atoms with Gasteiger partial charge in [-0.25, -0.2) is 14.8 Å². The first-order valence-electron chi connectivity index (χ1n) is 10.8. The van der Waals surface area contributed by atoms with Gasteiger partial charge in [-0.3, -0.25) is 0 Å². The predicted octanol–water partition coefficient (Wildman–Crippen LogP) is 6.28. The van der Waals surface area contributed by atoms with Crippen LogP contribution in [0.15, 0.2) is 42.5 Å². The number of rotatable bonds is 8. The van der Waals surface area contributed by atoms with Crippen molar-refractivity contribution in [2.24, 2.45) is 0 Å². The van der Waals surface area contributed by atoms with Crippen LogP contribution in [-0.2, 0) is 6.54 Å². The first kappa shape index (κ1) is 24.6. The number of ether oxygens (including phenoxy) is 2. The highest BCUT2D eigenvalue weighted by Crippen LogP contribution is 2.38. The van der Waals surface area contributed by atoms with Crippen molar-refractivity contribution in [2.75, 3.05) is 19.5 Å². The molecule has 0 saturated carbocycles. The molecule has 2 aromatic carbocycles. The van der Waals surface area contributed by atoms with Gasteiger partial charge in [0, 0.05) is 32.8 Å². The van der Waals surface area contributed by atoms with Crippen molar-refractivity contribution in [2.45, 2.75) is 26.4 Å². The van der Waals surface area contributed by atoms with Gasteiger partial charge in [-0.1, -0.05) is 17.7 Å². The molecule has 0 aliphatic carbocycles. The van der Waals surface area contributed by atoms with E-state index in [0.29, 0.717) is 28.2 Å². The Labute approximate surface area is 211 Å². The summed E-state index contributed by atoms with van der Waals surface area (Å²) in [4.78, 5) is 22.2. The standard InChI is InChI=1S/C25H25ClN4O4S/c1-13(28-24-18-10-20(33-3)21(34-4)11-19(18)29-14(2)30-24)22-7-8-23(35-22)17-9-16(26)6-5-15(17)12-27-25(31)32/h5-11,13,27H,12H2,1-4H3,(H,31,32)(H,28,29,30). The highest BCUT2D eigenvalue weighted by atomic mass is 35.5. The molecule has 182 valence electrons. The van der Waals surface area contributed by atoms with Gasteiger partial charge in [0.2, 0.25) is 0 Å². The van der Waals surface area contributed by atoms with Crippen molar-refractivity contribution in [3.8, 4) is 21.9 Å². The molecule has 1 amide bonds. The van der Waals surface area contributed by atoms with Crippen molar-refractivity contribution < 1.29 is 19.4 Å². The van der Waals surface area contributed by atoms with Crippen LogP contribution in [0.5, 0.6) is 11.5 Å². The van der Waals surface area contributed by atoms with Crippen LogP contribution >= 0.6 is 22.9 Å². The molecule has 1 atom stereocenters. The lowest BCUT2D eigenvalue weighted by molar-refractivity contribution is 0.194. The number of aryl methyl sites for hydroxylation is 1. The summed E-state index contributed by atoms with van der Waals surface area (Å²) in [6.45, 7) is 4.10. The van der Waals surface area contributed by atoms with Crippen molar-refractivity contribution in [1.82, 2.24) is 15.3 Å². The van der Waals surface area contributed by atoms with E-state index in [1.807, 2.05) is 43.3 Å². The number of benzene rings is 2. The van der Waals surface area contributed by atoms with Gasteiger partial charge in [0.25, 0.3) is 0 Å². The van der Waals surface area contributed by atoms with Gasteiger partial charge in [0.05, 0.1) is 25.8 Å². The molecule has 8 nitrogen and oxygen atoms in total. The number of methoxy groups -OCH3 is 2. The van der Waals surface area contributed by atoms with E-state index in [1.165, 1.54) is 0 Å². The maximum Gasteiger partial charge on any atom is 0.404 e. The van der Waals surface area contributed by atoms with Crippen LogP contribution in [0.2, 0.25) is 5.02 Å². The third-order valence-corrected chi connectivity index (χ3v) is 7.02. The summed E-state index contributed by atoms with van der Waals surface area (Å²) in [5.74, 6) is 2.55. The maximum atomic E-state index is 11.0. The fourth-order valence-corrected chi connectivity index (χ4v) is 5.03. The van der Waals surface area contributed by atoms with Crippen LogP contribution in [0, 0.1) is 6.92 Å². The van der Waals surface area contributed by atoms with Crippen LogP contribution in [0.1, 0.15) is 29.2 Å². The summed E-state index contributed by atoms with van der Waals surface area (Å²) in [6.07, 6.45) is -1.07. The number of thiophene rings is 1. The Balaban J connectivity index is 1.65. The molecule has 0 fully saturated rings. The molecule has 2 heterocycles. The van der Waals surface area contributed by atoms with E-state index in [2.05, 4.69) is 27.5 Å². The first-order chi connectivity index (χ1) is 16.8. The van der Waals surface area contributed by atoms with Gasteiger partial charge in [-0.15, -0.1) is 11.3 Å². The lowest BCUT2D eigenvalue weighted by Crippen LogP contribution is -2.20. The molecule has 3 N–H and O–H groups in total. The van der Waals surface area contributed by atoms with Crippen molar-refractivity contribution in [3.63, 3.8) is 0 Å². The Bertz CT molecular complexity index is 1390. The Hall–Kier alpha value is -3.56. The average Bonchev–Trinajstić information content (AvgIpc) is 3.32. The molecule has 35 heavy (non-hydrogen) atoms. The minimum atomic E-state index is -1.07. The molecule has 10 heteroatoms. The number of hydrogen-bond donors (Lipinski definition) is 3. The van der Waals surface area contributed by atoms with Gasteiger partial charge < -0.3 is 25.2 Å². The zero-order chi connectivity index (χ0) is 25.1. The van der Waals surface area contributed by atoms with Crippen molar-refractivity contribution in [3.05, 3.63) is 63.8 Å². The number of carbonyl (C=O) groups is 1. The summed E-state index contributed by atoms with van der Waals surface area (Å²) >= 11 is 7.85. The Morgan fingerprint density at radius 1 is 1.11 bits per heavy atom. The molecule has 2 aromatic heterocycles. The van der Waals surface area contributed by atoms with Gasteiger partial charge >= 0.3 is 6.09 Å². The van der Waals surface area contributed by atoms with Crippen LogP contribution in [0.3, 0.4) is 0 Å². The number of carboxylic acid groups (broad SMARTS) is 1. The Morgan fingerprint density at radius 3 is 2.57 bits per heavy atom. The smallest absolute Gasteiger partial charge is 0.404 e. The van der Waals surface area contributed by atoms with E-state index in [1.54, 1.807) is 31.6 Å². The fourth-order valence-electron chi connectivity index (χ4n) is 3.79. The number of amides is 1.